The van der Waals surface area contributed by atoms with E-state index in [1.54, 1.807) is 4.90 Å². The maximum Gasteiger partial charge on any atom is 0.243 e. The first-order chi connectivity index (χ1) is 16.1. The van der Waals surface area contributed by atoms with Gasteiger partial charge < -0.3 is 19.7 Å². The Kier molecular flexibility index (Phi) is 7.25. The lowest BCUT2D eigenvalue weighted by molar-refractivity contribution is -0.141. The molecule has 1 aliphatic rings. The van der Waals surface area contributed by atoms with Crippen LogP contribution in [0.15, 0.2) is 78.9 Å². The van der Waals surface area contributed by atoms with Gasteiger partial charge >= 0.3 is 0 Å². The zero-order valence-electron chi connectivity index (χ0n) is 18.7. The van der Waals surface area contributed by atoms with E-state index in [1.807, 2.05) is 85.8 Å². The van der Waals surface area contributed by atoms with Gasteiger partial charge in [-0.05, 0) is 28.8 Å². The highest BCUT2D eigenvalue weighted by atomic mass is 16.7. The molecule has 1 unspecified atom stereocenters. The molecule has 170 valence electrons. The minimum absolute atomic E-state index is 0.0574. The molecule has 1 N–H and O–H groups in total. The lowest BCUT2D eigenvalue weighted by atomic mass is 10.0. The van der Waals surface area contributed by atoms with E-state index in [2.05, 4.69) is 5.32 Å². The van der Waals surface area contributed by atoms with Gasteiger partial charge in [0.05, 0.1) is 0 Å². The average molecular weight is 445 g/mol. The standard InChI is InChI=1S/C27H28N2O4/c1-2-26(30)29(18-21-11-7-4-8-12-21)23(15-20-9-5-3-6-10-20)27(31)28-17-22-13-14-24-25(16-22)33-19-32-24/h3-14,16,23H,2,15,17-19H2,1H3,(H,28,31). The summed E-state index contributed by atoms with van der Waals surface area (Å²) in [7, 11) is 0. The third kappa shape index (κ3) is 5.71. The molecule has 1 heterocycles. The monoisotopic (exact) mass is 444 g/mol. The number of fused-ring (bicyclic) bond motifs is 1. The molecule has 0 spiro atoms. The zero-order valence-corrected chi connectivity index (χ0v) is 18.7. The number of nitrogens with zero attached hydrogens (tertiary/aromatic N) is 1. The zero-order chi connectivity index (χ0) is 23.0. The van der Waals surface area contributed by atoms with Crippen LogP contribution in [-0.2, 0) is 29.1 Å². The molecule has 0 bridgehead atoms. The maximum atomic E-state index is 13.4. The Morgan fingerprint density at radius 3 is 2.24 bits per heavy atom. The normalized spacial score (nSPS) is 12.8. The van der Waals surface area contributed by atoms with Crippen LogP contribution in [-0.4, -0.2) is 29.5 Å². The molecule has 0 saturated carbocycles. The first-order valence-electron chi connectivity index (χ1n) is 11.2. The van der Waals surface area contributed by atoms with Gasteiger partial charge in [-0.3, -0.25) is 9.59 Å². The number of nitrogens with one attached hydrogen (secondary N) is 1. The van der Waals surface area contributed by atoms with Crippen LogP contribution < -0.4 is 14.8 Å². The molecule has 0 aromatic heterocycles. The molecule has 3 aromatic carbocycles. The second-order valence-corrected chi connectivity index (χ2v) is 7.97. The van der Waals surface area contributed by atoms with Crippen molar-refractivity contribution in [3.63, 3.8) is 0 Å². The maximum absolute atomic E-state index is 13.4. The number of rotatable bonds is 9. The van der Waals surface area contributed by atoms with Gasteiger partial charge in [0.1, 0.15) is 6.04 Å². The number of carbonyl (C=O) groups excluding carboxylic acids is 2. The van der Waals surface area contributed by atoms with E-state index in [0.29, 0.717) is 37.4 Å². The lowest BCUT2D eigenvalue weighted by Crippen LogP contribution is -2.50. The van der Waals surface area contributed by atoms with Crippen molar-refractivity contribution in [1.82, 2.24) is 10.2 Å². The van der Waals surface area contributed by atoms with Crippen LogP contribution in [0.3, 0.4) is 0 Å². The van der Waals surface area contributed by atoms with Crippen molar-refractivity contribution in [1.29, 1.82) is 0 Å². The number of benzene rings is 3. The van der Waals surface area contributed by atoms with Crippen LogP contribution in [0.25, 0.3) is 0 Å². The predicted molar refractivity (Wildman–Crippen MR) is 126 cm³/mol. The van der Waals surface area contributed by atoms with Crippen molar-refractivity contribution in [2.24, 2.45) is 0 Å². The van der Waals surface area contributed by atoms with Crippen molar-refractivity contribution >= 4 is 11.8 Å². The molecule has 2 amide bonds. The molecular weight excluding hydrogens is 416 g/mol. The Morgan fingerprint density at radius 1 is 0.879 bits per heavy atom. The average Bonchev–Trinajstić information content (AvgIpc) is 3.33. The van der Waals surface area contributed by atoms with Crippen molar-refractivity contribution < 1.29 is 19.1 Å². The van der Waals surface area contributed by atoms with E-state index in [1.165, 1.54) is 0 Å². The van der Waals surface area contributed by atoms with Gasteiger partial charge in [-0.1, -0.05) is 73.7 Å². The van der Waals surface area contributed by atoms with E-state index >= 15 is 0 Å². The summed E-state index contributed by atoms with van der Waals surface area (Å²) in [4.78, 5) is 28.1. The molecule has 0 aliphatic carbocycles. The summed E-state index contributed by atoms with van der Waals surface area (Å²) in [5, 5.41) is 3.03. The number of amides is 2. The SMILES string of the molecule is CCC(=O)N(Cc1ccccc1)C(Cc1ccccc1)C(=O)NCc1ccc2c(c1)OCO2. The fraction of sp³-hybridized carbons (Fsp3) is 0.259. The molecule has 0 fully saturated rings. The molecule has 33 heavy (non-hydrogen) atoms. The summed E-state index contributed by atoms with van der Waals surface area (Å²) in [5.74, 6) is 1.14. The second kappa shape index (κ2) is 10.7. The molecule has 1 aliphatic heterocycles. The van der Waals surface area contributed by atoms with Gasteiger partial charge in [0, 0.05) is 25.9 Å². The quantitative estimate of drug-likeness (QED) is 0.540. The highest BCUT2D eigenvalue weighted by Gasteiger charge is 2.29. The van der Waals surface area contributed by atoms with Crippen molar-refractivity contribution in [2.45, 2.75) is 38.9 Å². The van der Waals surface area contributed by atoms with E-state index in [-0.39, 0.29) is 18.6 Å². The van der Waals surface area contributed by atoms with Crippen LogP contribution >= 0.6 is 0 Å². The summed E-state index contributed by atoms with van der Waals surface area (Å²) >= 11 is 0. The van der Waals surface area contributed by atoms with Crippen LogP contribution in [0.5, 0.6) is 11.5 Å². The Hall–Kier alpha value is -3.80. The number of ether oxygens (including phenoxy) is 2. The summed E-state index contributed by atoms with van der Waals surface area (Å²) in [5.41, 5.74) is 2.89. The molecule has 6 nitrogen and oxygen atoms in total. The minimum Gasteiger partial charge on any atom is -0.454 e. The van der Waals surface area contributed by atoms with Gasteiger partial charge in [-0.25, -0.2) is 0 Å². The van der Waals surface area contributed by atoms with Crippen molar-refractivity contribution in [3.05, 3.63) is 95.6 Å². The fourth-order valence-electron chi connectivity index (χ4n) is 3.90. The third-order valence-electron chi connectivity index (χ3n) is 5.67. The summed E-state index contributed by atoms with van der Waals surface area (Å²) < 4.78 is 10.8. The fourth-order valence-corrected chi connectivity index (χ4v) is 3.90. The first-order valence-corrected chi connectivity index (χ1v) is 11.2. The molecule has 4 rings (SSSR count). The van der Waals surface area contributed by atoms with Gasteiger partial charge in [-0.15, -0.1) is 0 Å². The van der Waals surface area contributed by atoms with Crippen molar-refractivity contribution in [3.8, 4) is 11.5 Å². The Morgan fingerprint density at radius 2 is 1.55 bits per heavy atom. The predicted octanol–water partition coefficient (Wildman–Crippen LogP) is 4.08. The van der Waals surface area contributed by atoms with Gasteiger partial charge in [-0.2, -0.15) is 0 Å². The van der Waals surface area contributed by atoms with Crippen molar-refractivity contribution in [2.75, 3.05) is 6.79 Å². The first kappa shape index (κ1) is 22.4. The van der Waals surface area contributed by atoms with Gasteiger partial charge in [0.15, 0.2) is 11.5 Å². The van der Waals surface area contributed by atoms with Crippen LogP contribution in [0.1, 0.15) is 30.0 Å². The second-order valence-electron chi connectivity index (χ2n) is 7.97. The van der Waals surface area contributed by atoms with Gasteiger partial charge in [0.2, 0.25) is 18.6 Å². The highest BCUT2D eigenvalue weighted by molar-refractivity contribution is 5.88. The molecule has 0 radical (unpaired) electrons. The third-order valence-corrected chi connectivity index (χ3v) is 5.67. The molecule has 1 atom stereocenters. The topological polar surface area (TPSA) is 67.9 Å². The van der Waals surface area contributed by atoms with E-state index in [0.717, 1.165) is 16.7 Å². The number of hydrogen-bond acceptors (Lipinski definition) is 4. The summed E-state index contributed by atoms with van der Waals surface area (Å²) in [6, 6.07) is 24.5. The largest absolute Gasteiger partial charge is 0.454 e. The van der Waals surface area contributed by atoms with Crippen LogP contribution in [0.4, 0.5) is 0 Å². The lowest BCUT2D eigenvalue weighted by Gasteiger charge is -2.31. The Balaban J connectivity index is 1.55. The summed E-state index contributed by atoms with van der Waals surface area (Å²) in [6.07, 6.45) is 0.764. The van der Waals surface area contributed by atoms with E-state index in [9.17, 15) is 9.59 Å². The molecular formula is C27H28N2O4. The number of hydrogen-bond donors (Lipinski definition) is 1. The van der Waals surface area contributed by atoms with E-state index in [4.69, 9.17) is 9.47 Å². The molecule has 0 saturated heterocycles. The minimum atomic E-state index is -0.630. The molecule has 3 aromatic rings. The number of carbonyl (C=O) groups is 2. The Bertz CT molecular complexity index is 1090. The van der Waals surface area contributed by atoms with Gasteiger partial charge in [0.25, 0.3) is 0 Å². The smallest absolute Gasteiger partial charge is 0.243 e. The molecule has 6 heteroatoms. The van der Waals surface area contributed by atoms with Crippen LogP contribution in [0.2, 0.25) is 0 Å². The highest BCUT2D eigenvalue weighted by Crippen LogP contribution is 2.32. The van der Waals surface area contributed by atoms with Crippen LogP contribution in [0, 0.1) is 0 Å². The Labute approximate surface area is 194 Å². The summed E-state index contributed by atoms with van der Waals surface area (Å²) in [6.45, 7) is 2.74. The van der Waals surface area contributed by atoms with E-state index < -0.39 is 6.04 Å².